The number of hydrogen-bond acceptors (Lipinski definition) is 3. The van der Waals surface area contributed by atoms with Crippen molar-refractivity contribution in [3.63, 3.8) is 0 Å². The summed E-state index contributed by atoms with van der Waals surface area (Å²) in [6, 6.07) is 5.99. The van der Waals surface area contributed by atoms with Crippen LogP contribution in [0.3, 0.4) is 0 Å². The molecule has 1 aromatic rings. The number of hydrogen-bond donors (Lipinski definition) is 0. The predicted molar refractivity (Wildman–Crippen MR) is 67.2 cm³/mol. The maximum Gasteiger partial charge on any atom is 0.140 e. The minimum absolute atomic E-state index is 0.519. The Kier molecular flexibility index (Phi) is 4.11. The third-order valence-corrected chi connectivity index (χ3v) is 3.63. The van der Waals surface area contributed by atoms with Crippen molar-refractivity contribution in [1.29, 1.82) is 5.26 Å². The molecule has 2 rings (SSSR count). The van der Waals surface area contributed by atoms with Crippen molar-refractivity contribution in [1.82, 2.24) is 9.88 Å². The summed E-state index contributed by atoms with van der Waals surface area (Å²) in [6.07, 6.45) is 5.66. The summed E-state index contributed by atoms with van der Waals surface area (Å²) >= 11 is 0. The van der Waals surface area contributed by atoms with Crippen LogP contribution in [-0.4, -0.2) is 23.0 Å². The highest BCUT2D eigenvalue weighted by Gasteiger charge is 2.17. The SMILES string of the molecule is CCC1CCN(Cc2ccnc(C#N)c2)CC1. The third kappa shape index (κ3) is 3.28. The standard InChI is InChI=1S/C14H19N3/c1-2-12-4-7-17(8-5-12)11-13-3-6-16-14(9-13)10-15/h3,6,9,12H,2,4-5,7-8,11H2,1H3. The molecule has 1 aliphatic heterocycles. The molecule has 0 unspecified atom stereocenters. The number of rotatable bonds is 3. The second-order valence-corrected chi connectivity index (χ2v) is 4.79. The van der Waals surface area contributed by atoms with Crippen LogP contribution in [0.2, 0.25) is 0 Å². The first-order valence-corrected chi connectivity index (χ1v) is 6.39. The minimum Gasteiger partial charge on any atom is -0.299 e. The lowest BCUT2D eigenvalue weighted by Gasteiger charge is -2.31. The molecule has 17 heavy (non-hydrogen) atoms. The highest BCUT2D eigenvalue weighted by atomic mass is 15.1. The molecule has 0 aromatic carbocycles. The Morgan fingerprint density at radius 2 is 2.24 bits per heavy atom. The molecule has 1 aliphatic rings. The Bertz CT molecular complexity index is 400. The molecule has 0 saturated carbocycles. The highest BCUT2D eigenvalue weighted by Crippen LogP contribution is 2.21. The van der Waals surface area contributed by atoms with E-state index in [1.54, 1.807) is 6.20 Å². The summed E-state index contributed by atoms with van der Waals surface area (Å²) in [4.78, 5) is 6.47. The van der Waals surface area contributed by atoms with Gasteiger partial charge in [0.1, 0.15) is 11.8 Å². The molecule has 3 heteroatoms. The molecular formula is C14H19N3. The molecule has 2 heterocycles. The summed E-state index contributed by atoms with van der Waals surface area (Å²) in [5, 5.41) is 8.81. The maximum absolute atomic E-state index is 8.81. The van der Waals surface area contributed by atoms with Gasteiger partial charge in [-0.3, -0.25) is 4.90 Å². The van der Waals surface area contributed by atoms with Crippen LogP contribution >= 0.6 is 0 Å². The largest absolute Gasteiger partial charge is 0.299 e. The van der Waals surface area contributed by atoms with Gasteiger partial charge in [-0.2, -0.15) is 5.26 Å². The van der Waals surface area contributed by atoms with Gasteiger partial charge in [-0.1, -0.05) is 13.3 Å². The van der Waals surface area contributed by atoms with Crippen LogP contribution in [0.4, 0.5) is 0 Å². The molecule has 1 fully saturated rings. The quantitative estimate of drug-likeness (QED) is 0.799. The van der Waals surface area contributed by atoms with E-state index in [0.29, 0.717) is 5.69 Å². The second-order valence-electron chi connectivity index (χ2n) is 4.79. The monoisotopic (exact) mass is 229 g/mol. The van der Waals surface area contributed by atoms with Gasteiger partial charge in [0.15, 0.2) is 0 Å². The summed E-state index contributed by atoms with van der Waals surface area (Å²) in [5.74, 6) is 0.915. The molecule has 1 aromatic heterocycles. The number of likely N-dealkylation sites (tertiary alicyclic amines) is 1. The third-order valence-electron chi connectivity index (χ3n) is 3.63. The van der Waals surface area contributed by atoms with E-state index in [-0.39, 0.29) is 0 Å². The van der Waals surface area contributed by atoms with Gasteiger partial charge in [0, 0.05) is 12.7 Å². The summed E-state index contributed by atoms with van der Waals surface area (Å²) in [5.41, 5.74) is 1.72. The van der Waals surface area contributed by atoms with Crippen molar-refractivity contribution in [2.45, 2.75) is 32.7 Å². The lowest BCUT2D eigenvalue weighted by molar-refractivity contribution is 0.175. The first-order valence-electron chi connectivity index (χ1n) is 6.39. The van der Waals surface area contributed by atoms with Crippen molar-refractivity contribution in [2.24, 2.45) is 5.92 Å². The average Bonchev–Trinajstić information content (AvgIpc) is 2.40. The molecule has 0 bridgehead atoms. The van der Waals surface area contributed by atoms with Gasteiger partial charge in [-0.05, 0) is 49.5 Å². The maximum atomic E-state index is 8.81. The van der Waals surface area contributed by atoms with E-state index in [4.69, 9.17) is 5.26 Å². The first kappa shape index (κ1) is 12.1. The summed E-state index contributed by atoms with van der Waals surface area (Å²) in [6.45, 7) is 5.60. The van der Waals surface area contributed by atoms with Gasteiger partial charge in [-0.15, -0.1) is 0 Å². The van der Waals surface area contributed by atoms with Crippen LogP contribution in [0.5, 0.6) is 0 Å². The highest BCUT2D eigenvalue weighted by molar-refractivity contribution is 5.25. The molecule has 3 nitrogen and oxygen atoms in total. The van der Waals surface area contributed by atoms with E-state index >= 15 is 0 Å². The number of piperidine rings is 1. The predicted octanol–water partition coefficient (Wildman–Crippen LogP) is 2.58. The molecule has 0 aliphatic carbocycles. The van der Waals surface area contributed by atoms with E-state index in [2.05, 4.69) is 22.9 Å². The van der Waals surface area contributed by atoms with Crippen LogP contribution in [0.15, 0.2) is 18.3 Å². The van der Waals surface area contributed by atoms with Crippen molar-refractivity contribution in [3.05, 3.63) is 29.6 Å². The Hall–Kier alpha value is -1.40. The number of nitriles is 1. The molecule has 0 radical (unpaired) electrons. The Balaban J connectivity index is 1.91. The van der Waals surface area contributed by atoms with Gasteiger partial charge in [-0.25, -0.2) is 4.98 Å². The molecule has 90 valence electrons. The van der Waals surface area contributed by atoms with Gasteiger partial charge in [0.05, 0.1) is 0 Å². The summed E-state index contributed by atoms with van der Waals surface area (Å²) < 4.78 is 0. The fourth-order valence-corrected chi connectivity index (χ4v) is 2.44. The normalized spacial score (nSPS) is 17.9. The van der Waals surface area contributed by atoms with Crippen molar-refractivity contribution in [3.8, 4) is 6.07 Å². The smallest absolute Gasteiger partial charge is 0.140 e. The second kappa shape index (κ2) is 5.79. The van der Waals surface area contributed by atoms with Crippen LogP contribution < -0.4 is 0 Å². The summed E-state index contributed by atoms with van der Waals surface area (Å²) in [7, 11) is 0. The van der Waals surface area contributed by atoms with Gasteiger partial charge >= 0.3 is 0 Å². The van der Waals surface area contributed by atoms with Crippen molar-refractivity contribution in [2.75, 3.05) is 13.1 Å². The average molecular weight is 229 g/mol. The van der Waals surface area contributed by atoms with Crippen molar-refractivity contribution >= 4 is 0 Å². The number of aromatic nitrogens is 1. The Morgan fingerprint density at radius 3 is 2.88 bits per heavy atom. The lowest BCUT2D eigenvalue weighted by Crippen LogP contribution is -2.33. The van der Waals surface area contributed by atoms with Gasteiger partial charge in [0.25, 0.3) is 0 Å². The van der Waals surface area contributed by atoms with E-state index in [0.717, 1.165) is 12.5 Å². The van der Waals surface area contributed by atoms with Crippen LogP contribution in [0.25, 0.3) is 0 Å². The molecule has 0 spiro atoms. The van der Waals surface area contributed by atoms with Crippen molar-refractivity contribution < 1.29 is 0 Å². The van der Waals surface area contributed by atoms with Gasteiger partial charge < -0.3 is 0 Å². The number of nitrogens with zero attached hydrogens (tertiary/aromatic N) is 3. The molecule has 0 amide bonds. The van der Waals surface area contributed by atoms with E-state index < -0.39 is 0 Å². The topological polar surface area (TPSA) is 39.9 Å². The van der Waals surface area contributed by atoms with Crippen LogP contribution in [0, 0.1) is 17.2 Å². The lowest BCUT2D eigenvalue weighted by atomic mass is 9.94. The Morgan fingerprint density at radius 1 is 1.47 bits per heavy atom. The van der Waals surface area contributed by atoms with Crippen LogP contribution in [0.1, 0.15) is 37.4 Å². The fraction of sp³-hybridized carbons (Fsp3) is 0.571. The zero-order chi connectivity index (χ0) is 12.1. The molecule has 1 saturated heterocycles. The van der Waals surface area contributed by atoms with E-state index in [9.17, 15) is 0 Å². The number of pyridine rings is 1. The van der Waals surface area contributed by atoms with Gasteiger partial charge in [0.2, 0.25) is 0 Å². The minimum atomic E-state index is 0.519. The van der Waals surface area contributed by atoms with E-state index in [1.807, 2.05) is 12.1 Å². The zero-order valence-electron chi connectivity index (χ0n) is 10.4. The van der Waals surface area contributed by atoms with E-state index in [1.165, 1.54) is 37.9 Å². The first-order chi connectivity index (χ1) is 8.31. The molecule has 0 N–H and O–H groups in total. The Labute approximate surface area is 103 Å². The molecular weight excluding hydrogens is 210 g/mol. The zero-order valence-corrected chi connectivity index (χ0v) is 10.4. The van der Waals surface area contributed by atoms with Crippen LogP contribution in [-0.2, 0) is 6.54 Å². The molecule has 0 atom stereocenters. The fourth-order valence-electron chi connectivity index (χ4n) is 2.44.